The molecule has 0 radical (unpaired) electrons. The number of aromatic amines is 1. The molecule has 0 spiro atoms. The van der Waals surface area contributed by atoms with E-state index >= 15 is 0 Å². The number of phenolic OH excluding ortho intramolecular Hbond substituents is 1. The largest absolute Gasteiger partial charge is 0.507 e. The number of aromatic hydroxyl groups is 1. The molecule has 4 nitrogen and oxygen atoms in total. The van der Waals surface area contributed by atoms with Gasteiger partial charge in [0, 0.05) is 36.9 Å². The summed E-state index contributed by atoms with van der Waals surface area (Å²) in [6.07, 6.45) is 1.65. The Bertz CT molecular complexity index is 849. The molecule has 0 saturated heterocycles. The highest BCUT2D eigenvalue weighted by Gasteiger charge is 2.10. The number of benzene rings is 2. The van der Waals surface area contributed by atoms with Gasteiger partial charge in [0.2, 0.25) is 0 Å². The maximum atomic E-state index is 11.9. The Kier molecular flexibility index (Phi) is 3.14. The molecular formula is C17H16N2O2. The summed E-state index contributed by atoms with van der Waals surface area (Å²) in [5.74, 6) is 0.116. The van der Waals surface area contributed by atoms with Crippen molar-refractivity contribution in [2.24, 2.45) is 0 Å². The van der Waals surface area contributed by atoms with Crippen molar-refractivity contribution in [2.45, 2.75) is 0 Å². The van der Waals surface area contributed by atoms with Crippen molar-refractivity contribution in [3.05, 3.63) is 59.0 Å². The second-order valence-corrected chi connectivity index (χ2v) is 5.17. The zero-order valence-electron chi connectivity index (χ0n) is 11.9. The first-order valence-corrected chi connectivity index (χ1v) is 6.69. The van der Waals surface area contributed by atoms with E-state index in [1.54, 1.807) is 24.4 Å². The molecule has 1 heterocycles. The highest BCUT2D eigenvalue weighted by atomic mass is 16.3. The lowest BCUT2D eigenvalue weighted by atomic mass is 10.00. The molecule has 0 aliphatic rings. The van der Waals surface area contributed by atoms with E-state index in [0.29, 0.717) is 10.8 Å². The zero-order valence-corrected chi connectivity index (χ0v) is 11.9. The number of nitrogens with zero attached hydrogens (tertiary/aromatic N) is 1. The molecular weight excluding hydrogens is 264 g/mol. The Morgan fingerprint density at radius 2 is 1.76 bits per heavy atom. The topological polar surface area (TPSA) is 56.3 Å². The molecule has 0 amide bonds. The third-order valence-electron chi connectivity index (χ3n) is 3.60. The number of aromatic nitrogens is 1. The Balaban J connectivity index is 2.25. The van der Waals surface area contributed by atoms with E-state index in [0.717, 1.165) is 16.8 Å². The minimum absolute atomic E-state index is 0.116. The summed E-state index contributed by atoms with van der Waals surface area (Å²) < 4.78 is 0. The van der Waals surface area contributed by atoms with Gasteiger partial charge in [0.25, 0.3) is 5.56 Å². The summed E-state index contributed by atoms with van der Waals surface area (Å²) in [5, 5.41) is 11.2. The quantitative estimate of drug-likeness (QED) is 0.758. The fraction of sp³-hybridized carbons (Fsp3) is 0.118. The smallest absolute Gasteiger partial charge is 0.255 e. The van der Waals surface area contributed by atoms with Gasteiger partial charge in [-0.05, 0) is 29.8 Å². The molecule has 0 aliphatic heterocycles. The highest BCUT2D eigenvalue weighted by molar-refractivity contribution is 5.99. The summed E-state index contributed by atoms with van der Waals surface area (Å²) in [4.78, 5) is 16.6. The third-order valence-corrected chi connectivity index (χ3v) is 3.60. The van der Waals surface area contributed by atoms with Crippen LogP contribution in [0.15, 0.2) is 53.5 Å². The molecule has 0 aliphatic carbocycles. The van der Waals surface area contributed by atoms with Crippen LogP contribution in [0.3, 0.4) is 0 Å². The predicted molar refractivity (Wildman–Crippen MR) is 86.0 cm³/mol. The van der Waals surface area contributed by atoms with Gasteiger partial charge in [0.15, 0.2) is 0 Å². The minimum Gasteiger partial charge on any atom is -0.507 e. The molecule has 4 heteroatoms. The zero-order chi connectivity index (χ0) is 15.0. The highest BCUT2D eigenvalue weighted by Crippen LogP contribution is 2.33. The average Bonchev–Trinajstić information content (AvgIpc) is 2.49. The first kappa shape index (κ1) is 13.2. The van der Waals surface area contributed by atoms with Gasteiger partial charge in [-0.3, -0.25) is 4.79 Å². The van der Waals surface area contributed by atoms with Crippen LogP contribution in [0.25, 0.3) is 21.9 Å². The number of hydrogen-bond acceptors (Lipinski definition) is 3. The van der Waals surface area contributed by atoms with Gasteiger partial charge in [-0.25, -0.2) is 0 Å². The molecule has 2 aromatic carbocycles. The summed E-state index contributed by atoms with van der Waals surface area (Å²) in [7, 11) is 3.96. The second-order valence-electron chi connectivity index (χ2n) is 5.17. The van der Waals surface area contributed by atoms with Gasteiger partial charge in [-0.15, -0.1) is 0 Å². The normalized spacial score (nSPS) is 10.8. The third kappa shape index (κ3) is 2.25. The van der Waals surface area contributed by atoms with Crippen LogP contribution in [0.1, 0.15) is 0 Å². The minimum atomic E-state index is -0.199. The van der Waals surface area contributed by atoms with Crippen molar-refractivity contribution in [3.63, 3.8) is 0 Å². The second kappa shape index (κ2) is 4.98. The number of hydrogen-bond donors (Lipinski definition) is 2. The lowest BCUT2D eigenvalue weighted by molar-refractivity contribution is 0.481. The van der Waals surface area contributed by atoms with Crippen molar-refractivity contribution >= 4 is 16.5 Å². The van der Waals surface area contributed by atoms with Crippen LogP contribution >= 0.6 is 0 Å². The summed E-state index contributed by atoms with van der Waals surface area (Å²) in [6, 6.07) is 13.0. The Morgan fingerprint density at radius 3 is 2.43 bits per heavy atom. The van der Waals surface area contributed by atoms with Crippen LogP contribution in [0.2, 0.25) is 0 Å². The molecule has 3 aromatic rings. The number of phenols is 1. The summed E-state index contributed by atoms with van der Waals surface area (Å²) >= 11 is 0. The van der Waals surface area contributed by atoms with Crippen LogP contribution in [0, 0.1) is 0 Å². The molecule has 0 bridgehead atoms. The van der Waals surface area contributed by atoms with E-state index in [1.165, 1.54) is 0 Å². The number of nitrogens with one attached hydrogen (secondary N) is 1. The van der Waals surface area contributed by atoms with Gasteiger partial charge < -0.3 is 15.0 Å². The van der Waals surface area contributed by atoms with Gasteiger partial charge in [-0.2, -0.15) is 0 Å². The monoisotopic (exact) mass is 280 g/mol. The molecule has 3 rings (SSSR count). The lowest BCUT2D eigenvalue weighted by Crippen LogP contribution is -2.08. The predicted octanol–water partition coefficient (Wildman–Crippen LogP) is 2.97. The van der Waals surface area contributed by atoms with Crippen LogP contribution in [0.5, 0.6) is 5.75 Å². The molecule has 2 N–H and O–H groups in total. The van der Waals surface area contributed by atoms with E-state index in [4.69, 9.17) is 0 Å². The number of rotatable bonds is 2. The first-order valence-electron chi connectivity index (χ1n) is 6.69. The number of H-pyrrole nitrogens is 1. The van der Waals surface area contributed by atoms with Crippen molar-refractivity contribution in [2.75, 3.05) is 19.0 Å². The van der Waals surface area contributed by atoms with Crippen LogP contribution < -0.4 is 10.5 Å². The van der Waals surface area contributed by atoms with Crippen LogP contribution in [-0.4, -0.2) is 24.2 Å². The number of pyridine rings is 1. The molecule has 0 saturated carbocycles. The number of fused-ring (bicyclic) bond motifs is 1. The number of anilines is 1. The SMILES string of the molecule is CN(C)c1ccc(-c2c[nH]c(=O)c3cccc(O)c23)cc1. The Labute approximate surface area is 122 Å². The average molecular weight is 280 g/mol. The summed E-state index contributed by atoms with van der Waals surface area (Å²) in [6.45, 7) is 0. The molecule has 0 unspecified atom stereocenters. The fourth-order valence-corrected chi connectivity index (χ4v) is 2.47. The fourth-order valence-electron chi connectivity index (χ4n) is 2.47. The van der Waals surface area contributed by atoms with Gasteiger partial charge >= 0.3 is 0 Å². The Morgan fingerprint density at radius 1 is 1.05 bits per heavy atom. The van der Waals surface area contributed by atoms with E-state index in [-0.39, 0.29) is 11.3 Å². The van der Waals surface area contributed by atoms with Crippen LogP contribution in [0.4, 0.5) is 5.69 Å². The van der Waals surface area contributed by atoms with Gasteiger partial charge in [0.05, 0.1) is 5.39 Å². The lowest BCUT2D eigenvalue weighted by Gasteiger charge is -2.13. The van der Waals surface area contributed by atoms with Crippen molar-refractivity contribution < 1.29 is 5.11 Å². The maximum absolute atomic E-state index is 11.9. The van der Waals surface area contributed by atoms with Crippen molar-refractivity contribution in [1.29, 1.82) is 0 Å². The maximum Gasteiger partial charge on any atom is 0.255 e. The Hall–Kier alpha value is -2.75. The van der Waals surface area contributed by atoms with Crippen molar-refractivity contribution in [1.82, 2.24) is 4.98 Å². The first-order chi connectivity index (χ1) is 10.1. The van der Waals surface area contributed by atoms with Crippen molar-refractivity contribution in [3.8, 4) is 16.9 Å². The summed E-state index contributed by atoms with van der Waals surface area (Å²) in [5.41, 5.74) is 2.66. The van der Waals surface area contributed by atoms with Crippen LogP contribution in [-0.2, 0) is 0 Å². The van der Waals surface area contributed by atoms with Gasteiger partial charge in [-0.1, -0.05) is 18.2 Å². The molecule has 106 valence electrons. The molecule has 0 atom stereocenters. The standard InChI is InChI=1S/C17H16N2O2/c1-19(2)12-8-6-11(7-9-12)14-10-18-17(21)13-4-3-5-15(20)16(13)14/h3-10,20H,1-2H3,(H,18,21). The van der Waals surface area contributed by atoms with Gasteiger partial charge in [0.1, 0.15) is 5.75 Å². The molecule has 21 heavy (non-hydrogen) atoms. The van der Waals surface area contributed by atoms with E-state index < -0.39 is 0 Å². The van der Waals surface area contributed by atoms with E-state index in [9.17, 15) is 9.90 Å². The molecule has 1 aromatic heterocycles. The van der Waals surface area contributed by atoms with E-state index in [2.05, 4.69) is 4.98 Å². The molecule has 0 fully saturated rings. The van der Waals surface area contributed by atoms with E-state index in [1.807, 2.05) is 43.3 Å².